The van der Waals surface area contributed by atoms with Crippen molar-refractivity contribution < 1.29 is 9.32 Å². The first kappa shape index (κ1) is 13.2. The molecule has 0 saturated carbocycles. The summed E-state index contributed by atoms with van der Waals surface area (Å²) in [5, 5.41) is 9.62. The molecule has 1 N–H and O–H groups in total. The molecular weight excluding hydrogens is 222 g/mol. The number of benzene rings is 1. The minimum absolute atomic E-state index is 0.250. The Morgan fingerprint density at radius 1 is 1.31 bits per heavy atom. The van der Waals surface area contributed by atoms with Crippen molar-refractivity contribution in [3.05, 3.63) is 29.8 Å². The van der Waals surface area contributed by atoms with E-state index in [1.54, 1.807) is 23.5 Å². The Balaban J connectivity index is 2.76. The minimum atomic E-state index is -1.07. The van der Waals surface area contributed by atoms with Crippen molar-refractivity contribution in [3.8, 4) is 5.75 Å². The van der Waals surface area contributed by atoms with Gasteiger partial charge in [0.25, 0.3) is 0 Å². The average molecular weight is 241 g/mol. The van der Waals surface area contributed by atoms with Gasteiger partial charge in [-0.15, -0.1) is 0 Å². The van der Waals surface area contributed by atoms with Gasteiger partial charge in [0.1, 0.15) is 5.75 Å². The summed E-state index contributed by atoms with van der Waals surface area (Å²) in [5.74, 6) is 0.250. The predicted molar refractivity (Wildman–Crippen MR) is 67.5 cm³/mol. The summed E-state index contributed by atoms with van der Waals surface area (Å²) >= 11 is 0. The molecule has 0 fully saturated rings. The second kappa shape index (κ2) is 4.97. The number of phenolic OH excluding ortho intramolecular Hbond substituents is 1. The Morgan fingerprint density at radius 2 is 1.88 bits per heavy atom. The Labute approximate surface area is 99.7 Å². The highest BCUT2D eigenvalue weighted by Crippen LogP contribution is 2.21. The monoisotopic (exact) mass is 241 g/mol. The van der Waals surface area contributed by atoms with Crippen LogP contribution in [-0.4, -0.2) is 25.4 Å². The molecular formula is C12H19NO2S. The number of hydrogen-bond acceptors (Lipinski definition) is 2. The van der Waals surface area contributed by atoms with Gasteiger partial charge in [-0.05, 0) is 26.8 Å². The topological polar surface area (TPSA) is 40.5 Å². The van der Waals surface area contributed by atoms with E-state index in [4.69, 9.17) is 0 Å². The fourth-order valence-corrected chi connectivity index (χ4v) is 2.60. The van der Waals surface area contributed by atoms with E-state index in [9.17, 15) is 9.32 Å². The zero-order valence-corrected chi connectivity index (χ0v) is 11.0. The molecule has 1 rings (SSSR count). The van der Waals surface area contributed by atoms with Gasteiger partial charge in [-0.3, -0.25) is 0 Å². The predicted octanol–water partition coefficient (Wildman–Crippen LogP) is 2.29. The third kappa shape index (κ3) is 3.32. The number of nitrogens with zero attached hydrogens (tertiary/aromatic N) is 1. The standard InChI is InChI=1S/C12H19NO2S/c1-12(2,3)16(15)13(4)9-10-7-5-6-8-11(10)14/h5-8,14H,9H2,1-4H3. The number of hydrogen-bond donors (Lipinski definition) is 1. The summed E-state index contributed by atoms with van der Waals surface area (Å²) in [4.78, 5) is 0. The van der Waals surface area contributed by atoms with Crippen LogP contribution in [0.5, 0.6) is 5.75 Å². The molecule has 0 amide bonds. The van der Waals surface area contributed by atoms with Crippen molar-refractivity contribution in [2.75, 3.05) is 7.05 Å². The summed E-state index contributed by atoms with van der Waals surface area (Å²) in [6.45, 7) is 6.29. The Bertz CT molecular complexity index is 385. The molecule has 0 bridgehead atoms. The van der Waals surface area contributed by atoms with Crippen LogP contribution in [0.15, 0.2) is 24.3 Å². The van der Waals surface area contributed by atoms with E-state index in [2.05, 4.69) is 0 Å². The molecule has 0 aliphatic heterocycles. The van der Waals surface area contributed by atoms with Crippen LogP contribution in [0.2, 0.25) is 0 Å². The van der Waals surface area contributed by atoms with Crippen molar-refractivity contribution in [1.82, 2.24) is 4.31 Å². The highest BCUT2D eigenvalue weighted by atomic mass is 32.2. The van der Waals surface area contributed by atoms with Crippen molar-refractivity contribution in [2.45, 2.75) is 32.1 Å². The van der Waals surface area contributed by atoms with Crippen molar-refractivity contribution in [2.24, 2.45) is 0 Å². The molecule has 4 heteroatoms. The summed E-state index contributed by atoms with van der Waals surface area (Å²) in [6.07, 6.45) is 0. The molecule has 1 atom stereocenters. The maximum atomic E-state index is 12.0. The van der Waals surface area contributed by atoms with Gasteiger partial charge in [0.15, 0.2) is 0 Å². The largest absolute Gasteiger partial charge is 0.508 e. The Kier molecular flexibility index (Phi) is 4.10. The molecule has 0 aliphatic carbocycles. The van der Waals surface area contributed by atoms with Gasteiger partial charge < -0.3 is 5.11 Å². The van der Waals surface area contributed by atoms with Crippen LogP contribution < -0.4 is 0 Å². The zero-order valence-electron chi connectivity index (χ0n) is 10.2. The van der Waals surface area contributed by atoms with Crippen LogP contribution in [-0.2, 0) is 17.5 Å². The second-order valence-electron chi connectivity index (χ2n) is 4.78. The summed E-state index contributed by atoms with van der Waals surface area (Å²) in [5.41, 5.74) is 0.794. The molecule has 0 heterocycles. The third-order valence-electron chi connectivity index (χ3n) is 2.19. The van der Waals surface area contributed by atoms with Crippen LogP contribution >= 0.6 is 0 Å². The lowest BCUT2D eigenvalue weighted by atomic mass is 10.2. The molecule has 0 saturated heterocycles. The van der Waals surface area contributed by atoms with Gasteiger partial charge in [0, 0.05) is 19.2 Å². The fourth-order valence-electron chi connectivity index (χ4n) is 1.41. The van der Waals surface area contributed by atoms with E-state index in [0.717, 1.165) is 5.56 Å². The van der Waals surface area contributed by atoms with E-state index in [0.29, 0.717) is 6.54 Å². The second-order valence-corrected chi connectivity index (χ2v) is 7.12. The smallest absolute Gasteiger partial charge is 0.120 e. The van der Waals surface area contributed by atoms with Crippen LogP contribution in [0.1, 0.15) is 26.3 Å². The SMILES string of the molecule is CN(Cc1ccccc1O)S(=O)C(C)(C)C. The summed E-state index contributed by atoms with van der Waals surface area (Å²) in [7, 11) is 0.731. The first-order valence-corrected chi connectivity index (χ1v) is 6.33. The van der Waals surface area contributed by atoms with Gasteiger partial charge >= 0.3 is 0 Å². The summed E-state index contributed by atoms with van der Waals surface area (Å²) < 4.78 is 13.5. The average Bonchev–Trinajstić information content (AvgIpc) is 2.19. The summed E-state index contributed by atoms with van der Waals surface area (Å²) in [6, 6.07) is 7.12. The number of phenols is 1. The van der Waals surface area contributed by atoms with E-state index >= 15 is 0 Å². The molecule has 3 nitrogen and oxygen atoms in total. The zero-order chi connectivity index (χ0) is 12.3. The number of aromatic hydroxyl groups is 1. The lowest BCUT2D eigenvalue weighted by Gasteiger charge is -2.25. The van der Waals surface area contributed by atoms with Gasteiger partial charge in [-0.1, -0.05) is 18.2 Å². The molecule has 1 aromatic rings. The lowest BCUT2D eigenvalue weighted by Crippen LogP contribution is -2.34. The quantitative estimate of drug-likeness (QED) is 0.882. The maximum absolute atomic E-state index is 12.0. The highest BCUT2D eigenvalue weighted by molar-refractivity contribution is 7.84. The fraction of sp³-hybridized carbons (Fsp3) is 0.500. The van der Waals surface area contributed by atoms with Gasteiger partial charge in [-0.25, -0.2) is 8.51 Å². The van der Waals surface area contributed by atoms with Crippen LogP contribution in [0, 0.1) is 0 Å². The number of rotatable bonds is 3. The molecule has 90 valence electrons. The van der Waals surface area contributed by atoms with E-state index in [1.165, 1.54) is 0 Å². The molecule has 16 heavy (non-hydrogen) atoms. The van der Waals surface area contributed by atoms with Crippen molar-refractivity contribution in [1.29, 1.82) is 0 Å². The van der Waals surface area contributed by atoms with Crippen molar-refractivity contribution in [3.63, 3.8) is 0 Å². The molecule has 0 aliphatic rings. The minimum Gasteiger partial charge on any atom is -0.508 e. The van der Waals surface area contributed by atoms with E-state index in [1.807, 2.05) is 32.9 Å². The highest BCUT2D eigenvalue weighted by Gasteiger charge is 2.23. The lowest BCUT2D eigenvalue weighted by molar-refractivity contribution is 0.445. The van der Waals surface area contributed by atoms with Crippen LogP contribution in [0.4, 0.5) is 0 Å². The molecule has 0 spiro atoms. The van der Waals surface area contributed by atoms with Crippen LogP contribution in [0.3, 0.4) is 0 Å². The van der Waals surface area contributed by atoms with E-state index in [-0.39, 0.29) is 10.5 Å². The van der Waals surface area contributed by atoms with Gasteiger partial charge in [0.2, 0.25) is 0 Å². The molecule has 1 unspecified atom stereocenters. The molecule has 1 aromatic carbocycles. The Hall–Kier alpha value is -0.870. The van der Waals surface area contributed by atoms with Gasteiger partial charge in [-0.2, -0.15) is 0 Å². The third-order valence-corrected chi connectivity index (χ3v) is 3.93. The first-order chi connectivity index (χ1) is 7.32. The number of para-hydroxylation sites is 1. The molecule has 0 radical (unpaired) electrons. The van der Waals surface area contributed by atoms with Gasteiger partial charge in [0.05, 0.1) is 15.7 Å². The van der Waals surface area contributed by atoms with Crippen LogP contribution in [0.25, 0.3) is 0 Å². The van der Waals surface area contributed by atoms with E-state index < -0.39 is 11.0 Å². The Morgan fingerprint density at radius 3 is 2.38 bits per heavy atom. The molecule has 0 aromatic heterocycles. The van der Waals surface area contributed by atoms with Crippen molar-refractivity contribution >= 4 is 11.0 Å². The normalized spacial score (nSPS) is 14.1. The first-order valence-electron chi connectivity index (χ1n) is 5.22. The maximum Gasteiger partial charge on any atom is 0.120 e.